The Bertz CT molecular complexity index is 1130. The first-order valence-corrected chi connectivity index (χ1v) is 11.7. The number of H-pyrrole nitrogens is 1. The van der Waals surface area contributed by atoms with Crippen LogP contribution < -0.4 is 21.9 Å². The van der Waals surface area contributed by atoms with Gasteiger partial charge in [0.05, 0.1) is 12.5 Å². The number of carbonyl (C=O) groups excluding carboxylic acids is 2. The molecule has 2 aliphatic rings. The summed E-state index contributed by atoms with van der Waals surface area (Å²) in [4.78, 5) is 57.1. The van der Waals surface area contributed by atoms with Crippen LogP contribution in [0.15, 0.2) is 39.9 Å². The van der Waals surface area contributed by atoms with E-state index in [4.69, 9.17) is 5.73 Å². The van der Waals surface area contributed by atoms with Crippen molar-refractivity contribution in [2.45, 2.75) is 58.0 Å². The van der Waals surface area contributed by atoms with Gasteiger partial charge >= 0.3 is 5.69 Å². The number of nitrogen functional groups attached to an aromatic ring is 1. The van der Waals surface area contributed by atoms with E-state index in [9.17, 15) is 19.2 Å². The van der Waals surface area contributed by atoms with Gasteiger partial charge in [0, 0.05) is 25.6 Å². The molecule has 176 valence electrons. The van der Waals surface area contributed by atoms with E-state index in [0.29, 0.717) is 13.0 Å². The zero-order valence-corrected chi connectivity index (χ0v) is 19.0. The molecule has 1 aliphatic heterocycles. The highest BCUT2D eigenvalue weighted by Crippen LogP contribution is 2.31. The molecule has 1 aromatic carbocycles. The highest BCUT2D eigenvalue weighted by molar-refractivity contribution is 6.00. The van der Waals surface area contributed by atoms with Crippen LogP contribution in [0.1, 0.15) is 51.0 Å². The number of hydrogen-bond donors (Lipinski definition) is 2. The van der Waals surface area contributed by atoms with E-state index < -0.39 is 17.2 Å². The maximum atomic E-state index is 13.6. The van der Waals surface area contributed by atoms with E-state index >= 15 is 0 Å². The second-order valence-electron chi connectivity index (χ2n) is 8.94. The van der Waals surface area contributed by atoms with Crippen LogP contribution in [-0.4, -0.2) is 45.4 Å². The SMILES string of the molecule is CCCN(C(=O)C1CC(=O)N(C2CCCC2)C1)c1c(N)n(Cc2ccccc2)c(=O)[nH]c1=O. The van der Waals surface area contributed by atoms with E-state index in [2.05, 4.69) is 4.98 Å². The Balaban J connectivity index is 1.65. The fourth-order valence-electron chi connectivity index (χ4n) is 5.00. The van der Waals surface area contributed by atoms with Crippen molar-refractivity contribution in [1.29, 1.82) is 0 Å². The molecule has 9 nitrogen and oxygen atoms in total. The van der Waals surface area contributed by atoms with Crippen LogP contribution in [0.3, 0.4) is 0 Å². The van der Waals surface area contributed by atoms with Gasteiger partial charge in [0.25, 0.3) is 5.56 Å². The molecule has 2 aromatic rings. The second-order valence-corrected chi connectivity index (χ2v) is 8.94. The molecule has 1 saturated heterocycles. The highest BCUT2D eigenvalue weighted by Gasteiger charge is 2.41. The summed E-state index contributed by atoms with van der Waals surface area (Å²) in [7, 11) is 0. The first-order valence-electron chi connectivity index (χ1n) is 11.7. The van der Waals surface area contributed by atoms with Gasteiger partial charge in [-0.2, -0.15) is 0 Å². The first kappa shape index (κ1) is 22.8. The van der Waals surface area contributed by atoms with Crippen molar-refractivity contribution < 1.29 is 9.59 Å². The Morgan fingerprint density at radius 3 is 2.52 bits per heavy atom. The fourth-order valence-corrected chi connectivity index (χ4v) is 5.00. The number of rotatable bonds is 7. The zero-order chi connectivity index (χ0) is 23.5. The summed E-state index contributed by atoms with van der Waals surface area (Å²) >= 11 is 0. The predicted octanol–water partition coefficient (Wildman–Crippen LogP) is 1.70. The van der Waals surface area contributed by atoms with Gasteiger partial charge in [-0.3, -0.25) is 23.9 Å². The molecule has 1 aliphatic carbocycles. The van der Waals surface area contributed by atoms with Gasteiger partial charge < -0.3 is 15.5 Å². The molecule has 9 heteroatoms. The smallest absolute Gasteiger partial charge is 0.330 e. The molecule has 3 N–H and O–H groups in total. The number of aromatic amines is 1. The van der Waals surface area contributed by atoms with Crippen LogP contribution in [0, 0.1) is 5.92 Å². The number of benzene rings is 1. The Morgan fingerprint density at radius 2 is 1.85 bits per heavy atom. The van der Waals surface area contributed by atoms with Gasteiger partial charge in [-0.25, -0.2) is 4.79 Å². The number of amides is 2. The summed E-state index contributed by atoms with van der Waals surface area (Å²) in [6.07, 6.45) is 4.88. The molecule has 0 bridgehead atoms. The minimum Gasteiger partial charge on any atom is -0.383 e. The molecule has 4 rings (SSSR count). The molecule has 0 spiro atoms. The Labute approximate surface area is 192 Å². The normalized spacial score (nSPS) is 18.8. The summed E-state index contributed by atoms with van der Waals surface area (Å²) in [6, 6.07) is 9.48. The van der Waals surface area contributed by atoms with Crippen molar-refractivity contribution in [2.24, 2.45) is 5.92 Å². The van der Waals surface area contributed by atoms with Gasteiger partial charge in [0.15, 0.2) is 5.69 Å². The third-order valence-corrected chi connectivity index (χ3v) is 6.65. The average Bonchev–Trinajstić information content (AvgIpc) is 3.46. The molecule has 1 atom stereocenters. The van der Waals surface area contributed by atoms with Gasteiger partial charge in [-0.1, -0.05) is 50.1 Å². The van der Waals surface area contributed by atoms with Crippen molar-refractivity contribution in [3.63, 3.8) is 0 Å². The average molecular weight is 454 g/mol. The number of carbonyl (C=O) groups is 2. The number of nitrogens with two attached hydrogens (primary N) is 1. The third kappa shape index (κ3) is 4.58. The molecule has 1 aromatic heterocycles. The van der Waals surface area contributed by atoms with Gasteiger partial charge in [-0.15, -0.1) is 0 Å². The number of nitrogens with zero attached hydrogens (tertiary/aromatic N) is 3. The Hall–Kier alpha value is -3.36. The molecule has 33 heavy (non-hydrogen) atoms. The molecule has 2 heterocycles. The lowest BCUT2D eigenvalue weighted by Gasteiger charge is -2.27. The van der Waals surface area contributed by atoms with Gasteiger partial charge in [0.2, 0.25) is 11.8 Å². The van der Waals surface area contributed by atoms with Crippen LogP contribution in [0.2, 0.25) is 0 Å². The van der Waals surface area contributed by atoms with Crippen LogP contribution in [0.5, 0.6) is 0 Å². The van der Waals surface area contributed by atoms with Crippen LogP contribution >= 0.6 is 0 Å². The summed E-state index contributed by atoms with van der Waals surface area (Å²) in [5.74, 6) is -0.884. The van der Waals surface area contributed by atoms with Gasteiger partial charge in [0.1, 0.15) is 5.82 Å². The highest BCUT2D eigenvalue weighted by atomic mass is 16.2. The fraction of sp³-hybridized carbons (Fsp3) is 0.500. The van der Waals surface area contributed by atoms with Crippen LogP contribution in [0.25, 0.3) is 0 Å². The molecular weight excluding hydrogens is 422 g/mol. The number of likely N-dealkylation sites (tertiary alicyclic amines) is 1. The van der Waals surface area contributed by atoms with E-state index in [1.54, 1.807) is 0 Å². The number of hydrogen-bond acceptors (Lipinski definition) is 5. The van der Waals surface area contributed by atoms with E-state index in [1.807, 2.05) is 42.2 Å². The maximum absolute atomic E-state index is 13.6. The van der Waals surface area contributed by atoms with Crippen molar-refractivity contribution in [2.75, 3.05) is 23.7 Å². The van der Waals surface area contributed by atoms with Gasteiger partial charge in [-0.05, 0) is 24.8 Å². The summed E-state index contributed by atoms with van der Waals surface area (Å²) in [5, 5.41) is 0. The van der Waals surface area contributed by atoms with E-state index in [0.717, 1.165) is 31.2 Å². The largest absolute Gasteiger partial charge is 0.383 e. The van der Waals surface area contributed by atoms with Crippen LogP contribution in [-0.2, 0) is 16.1 Å². The quantitative estimate of drug-likeness (QED) is 0.661. The lowest BCUT2D eigenvalue weighted by Crippen LogP contribution is -2.44. The van der Waals surface area contributed by atoms with Crippen molar-refractivity contribution in [3.8, 4) is 0 Å². The molecule has 1 unspecified atom stereocenters. The standard InChI is InChI=1S/C24H31N5O4/c1-2-12-27(23(32)17-13-19(30)28(15-17)18-10-6-7-11-18)20-21(25)29(24(33)26-22(20)31)14-16-8-4-3-5-9-16/h3-5,8-9,17-18H,2,6-7,10-15,25H2,1H3,(H,26,31,33). The maximum Gasteiger partial charge on any atom is 0.330 e. The molecule has 1 saturated carbocycles. The molecule has 0 radical (unpaired) electrons. The number of aromatic nitrogens is 2. The molecule has 2 amide bonds. The second kappa shape index (κ2) is 9.64. The Kier molecular flexibility index (Phi) is 6.67. The lowest BCUT2D eigenvalue weighted by molar-refractivity contribution is -0.130. The first-order chi connectivity index (χ1) is 15.9. The molecular formula is C24H31N5O4. The van der Waals surface area contributed by atoms with Crippen LogP contribution in [0.4, 0.5) is 11.5 Å². The number of anilines is 2. The summed E-state index contributed by atoms with van der Waals surface area (Å²) in [6.45, 7) is 2.70. The minimum absolute atomic E-state index is 0.00683. The summed E-state index contributed by atoms with van der Waals surface area (Å²) in [5.41, 5.74) is 5.82. The van der Waals surface area contributed by atoms with E-state index in [1.165, 1.54) is 9.47 Å². The number of nitrogens with one attached hydrogen (secondary N) is 1. The zero-order valence-electron chi connectivity index (χ0n) is 19.0. The Morgan fingerprint density at radius 1 is 1.15 bits per heavy atom. The molecule has 2 fully saturated rings. The monoisotopic (exact) mass is 453 g/mol. The van der Waals surface area contributed by atoms with E-state index in [-0.39, 0.29) is 48.9 Å². The van der Waals surface area contributed by atoms with Crippen molar-refractivity contribution in [1.82, 2.24) is 14.5 Å². The predicted molar refractivity (Wildman–Crippen MR) is 126 cm³/mol. The van der Waals surface area contributed by atoms with Crippen molar-refractivity contribution >= 4 is 23.3 Å². The third-order valence-electron chi connectivity index (χ3n) is 6.65. The van der Waals surface area contributed by atoms with Crippen molar-refractivity contribution in [3.05, 3.63) is 56.7 Å². The topological polar surface area (TPSA) is 121 Å². The lowest BCUT2D eigenvalue weighted by atomic mass is 10.1. The minimum atomic E-state index is -0.694. The summed E-state index contributed by atoms with van der Waals surface area (Å²) < 4.78 is 1.27.